The van der Waals surface area contributed by atoms with Gasteiger partial charge in [-0.15, -0.1) is 0 Å². The molecule has 1 saturated heterocycles. The average Bonchev–Trinajstić information content (AvgIpc) is 3.13. The number of rotatable bonds is 9. The maximum Gasteiger partial charge on any atom is 0.234 e. The second-order valence-corrected chi connectivity index (χ2v) is 5.65. The molecule has 0 aromatic rings. The van der Waals surface area contributed by atoms with Crippen LogP contribution in [-0.2, 0) is 9.53 Å². The molecule has 1 unspecified atom stereocenters. The molecule has 1 amide bonds. The van der Waals surface area contributed by atoms with Crippen molar-refractivity contribution in [2.45, 2.75) is 44.2 Å². The maximum atomic E-state index is 11.9. The minimum atomic E-state index is 0.154. The zero-order valence-electron chi connectivity index (χ0n) is 12.0. The summed E-state index contributed by atoms with van der Waals surface area (Å²) in [5, 5.41) is 6.49. The second kappa shape index (κ2) is 7.82. The molecule has 2 N–H and O–H groups in total. The SMILES string of the molecule is COCCCNC(=O)CN(CC1CCCN1)C1CC1. The molecule has 1 aliphatic carbocycles. The summed E-state index contributed by atoms with van der Waals surface area (Å²) < 4.78 is 4.97. The van der Waals surface area contributed by atoms with Crippen molar-refractivity contribution >= 4 is 5.91 Å². The Bertz CT molecular complexity index is 276. The van der Waals surface area contributed by atoms with E-state index in [1.54, 1.807) is 7.11 Å². The highest BCUT2D eigenvalue weighted by molar-refractivity contribution is 5.78. The van der Waals surface area contributed by atoms with Crippen LogP contribution in [0.1, 0.15) is 32.1 Å². The van der Waals surface area contributed by atoms with Crippen LogP contribution in [0.5, 0.6) is 0 Å². The minimum absolute atomic E-state index is 0.154. The molecule has 0 spiro atoms. The van der Waals surface area contributed by atoms with E-state index in [-0.39, 0.29) is 5.91 Å². The summed E-state index contributed by atoms with van der Waals surface area (Å²) in [6.07, 6.45) is 5.91. The third-order valence-electron chi connectivity index (χ3n) is 3.87. The molecule has 5 heteroatoms. The van der Waals surface area contributed by atoms with E-state index in [0.29, 0.717) is 31.8 Å². The maximum absolute atomic E-state index is 11.9. The first-order chi connectivity index (χ1) is 9.29. The Kier molecular flexibility index (Phi) is 6.07. The van der Waals surface area contributed by atoms with E-state index in [0.717, 1.165) is 19.5 Å². The topological polar surface area (TPSA) is 53.6 Å². The van der Waals surface area contributed by atoms with Crippen LogP contribution >= 0.6 is 0 Å². The number of methoxy groups -OCH3 is 1. The Labute approximate surface area is 116 Å². The lowest BCUT2D eigenvalue weighted by atomic mass is 10.2. The second-order valence-electron chi connectivity index (χ2n) is 5.65. The van der Waals surface area contributed by atoms with Gasteiger partial charge >= 0.3 is 0 Å². The molecule has 1 atom stereocenters. The Morgan fingerprint density at radius 2 is 2.26 bits per heavy atom. The van der Waals surface area contributed by atoms with E-state index in [9.17, 15) is 4.79 Å². The third-order valence-corrected chi connectivity index (χ3v) is 3.87. The highest BCUT2D eigenvalue weighted by atomic mass is 16.5. The standard InChI is InChI=1S/C14H27N3O2/c1-19-9-3-8-16-14(18)11-17(13-5-6-13)10-12-4-2-7-15-12/h12-13,15H,2-11H2,1H3,(H,16,18). The lowest BCUT2D eigenvalue weighted by Gasteiger charge is -2.24. The number of ether oxygens (including phenoxy) is 1. The molecule has 2 fully saturated rings. The molecule has 0 bridgehead atoms. The summed E-state index contributed by atoms with van der Waals surface area (Å²) in [7, 11) is 1.69. The molecule has 1 saturated carbocycles. The number of carbonyl (C=O) groups is 1. The van der Waals surface area contributed by atoms with E-state index >= 15 is 0 Å². The molecule has 0 aromatic heterocycles. The number of hydrogen-bond donors (Lipinski definition) is 2. The Morgan fingerprint density at radius 1 is 1.42 bits per heavy atom. The van der Waals surface area contributed by atoms with Crippen LogP contribution in [0.25, 0.3) is 0 Å². The monoisotopic (exact) mass is 269 g/mol. The van der Waals surface area contributed by atoms with Gasteiger partial charge in [-0.3, -0.25) is 9.69 Å². The highest BCUT2D eigenvalue weighted by Crippen LogP contribution is 2.27. The molecule has 110 valence electrons. The zero-order valence-corrected chi connectivity index (χ0v) is 12.0. The number of carbonyl (C=O) groups excluding carboxylic acids is 1. The van der Waals surface area contributed by atoms with Crippen LogP contribution in [0.15, 0.2) is 0 Å². The highest BCUT2D eigenvalue weighted by Gasteiger charge is 2.32. The van der Waals surface area contributed by atoms with Gasteiger partial charge in [0.1, 0.15) is 0 Å². The number of nitrogens with one attached hydrogen (secondary N) is 2. The molecule has 0 radical (unpaired) electrons. The normalized spacial score (nSPS) is 22.9. The summed E-state index contributed by atoms with van der Waals surface area (Å²) in [5.41, 5.74) is 0. The summed E-state index contributed by atoms with van der Waals surface area (Å²) >= 11 is 0. The third kappa shape index (κ3) is 5.47. The Morgan fingerprint density at radius 3 is 2.89 bits per heavy atom. The molecule has 2 aliphatic rings. The van der Waals surface area contributed by atoms with Crippen molar-refractivity contribution in [2.24, 2.45) is 0 Å². The average molecular weight is 269 g/mol. The van der Waals surface area contributed by atoms with Gasteiger partial charge in [0, 0.05) is 38.9 Å². The first-order valence-electron chi connectivity index (χ1n) is 7.52. The largest absolute Gasteiger partial charge is 0.385 e. The molecular weight excluding hydrogens is 242 g/mol. The summed E-state index contributed by atoms with van der Waals surface area (Å²) in [6.45, 7) is 4.13. The Hall–Kier alpha value is -0.650. The zero-order chi connectivity index (χ0) is 13.5. The lowest BCUT2D eigenvalue weighted by molar-refractivity contribution is -0.122. The van der Waals surface area contributed by atoms with Gasteiger partial charge in [-0.1, -0.05) is 0 Å². The van der Waals surface area contributed by atoms with Gasteiger partial charge in [0.15, 0.2) is 0 Å². The van der Waals surface area contributed by atoms with Crippen LogP contribution in [-0.4, -0.2) is 62.8 Å². The molecule has 1 aliphatic heterocycles. The van der Waals surface area contributed by atoms with Crippen LogP contribution in [0.3, 0.4) is 0 Å². The smallest absolute Gasteiger partial charge is 0.234 e. The molecule has 1 heterocycles. The molecule has 19 heavy (non-hydrogen) atoms. The summed E-state index contributed by atoms with van der Waals surface area (Å²) in [4.78, 5) is 14.3. The molecular formula is C14H27N3O2. The predicted molar refractivity (Wildman–Crippen MR) is 75.1 cm³/mol. The fraction of sp³-hybridized carbons (Fsp3) is 0.929. The lowest BCUT2D eigenvalue weighted by Crippen LogP contribution is -2.44. The van der Waals surface area contributed by atoms with Crippen LogP contribution in [0.4, 0.5) is 0 Å². The van der Waals surface area contributed by atoms with Gasteiger partial charge in [-0.2, -0.15) is 0 Å². The minimum Gasteiger partial charge on any atom is -0.385 e. The van der Waals surface area contributed by atoms with Crippen LogP contribution in [0, 0.1) is 0 Å². The van der Waals surface area contributed by atoms with Crippen LogP contribution < -0.4 is 10.6 Å². The summed E-state index contributed by atoms with van der Waals surface area (Å²) in [6, 6.07) is 1.23. The van der Waals surface area contributed by atoms with Gasteiger partial charge < -0.3 is 15.4 Å². The van der Waals surface area contributed by atoms with E-state index in [4.69, 9.17) is 4.74 Å². The van der Waals surface area contributed by atoms with Gasteiger partial charge in [0.05, 0.1) is 6.54 Å². The van der Waals surface area contributed by atoms with Crippen molar-refractivity contribution in [3.8, 4) is 0 Å². The van der Waals surface area contributed by atoms with E-state index < -0.39 is 0 Å². The van der Waals surface area contributed by atoms with Crippen molar-refractivity contribution in [2.75, 3.05) is 39.9 Å². The van der Waals surface area contributed by atoms with Crippen molar-refractivity contribution in [1.82, 2.24) is 15.5 Å². The quantitative estimate of drug-likeness (QED) is 0.593. The van der Waals surface area contributed by atoms with Crippen molar-refractivity contribution in [3.05, 3.63) is 0 Å². The van der Waals surface area contributed by atoms with Crippen molar-refractivity contribution in [1.29, 1.82) is 0 Å². The fourth-order valence-corrected chi connectivity index (χ4v) is 2.66. The van der Waals surface area contributed by atoms with E-state index in [2.05, 4.69) is 15.5 Å². The number of hydrogen-bond acceptors (Lipinski definition) is 4. The van der Waals surface area contributed by atoms with Gasteiger partial charge in [0.2, 0.25) is 5.91 Å². The Balaban J connectivity index is 1.65. The first-order valence-corrected chi connectivity index (χ1v) is 7.52. The van der Waals surface area contributed by atoms with E-state index in [1.807, 2.05) is 0 Å². The number of nitrogens with zero attached hydrogens (tertiary/aromatic N) is 1. The van der Waals surface area contributed by atoms with Gasteiger partial charge in [-0.05, 0) is 38.6 Å². The van der Waals surface area contributed by atoms with Crippen molar-refractivity contribution < 1.29 is 9.53 Å². The molecule has 5 nitrogen and oxygen atoms in total. The molecule has 2 rings (SSSR count). The predicted octanol–water partition coefficient (Wildman–Crippen LogP) is 0.356. The van der Waals surface area contributed by atoms with Gasteiger partial charge in [0.25, 0.3) is 0 Å². The summed E-state index contributed by atoms with van der Waals surface area (Å²) in [5.74, 6) is 0.154. The van der Waals surface area contributed by atoms with Gasteiger partial charge in [-0.25, -0.2) is 0 Å². The first kappa shape index (κ1) is 14.8. The molecule has 0 aromatic carbocycles. The van der Waals surface area contributed by atoms with E-state index in [1.165, 1.54) is 25.7 Å². The van der Waals surface area contributed by atoms with Crippen molar-refractivity contribution in [3.63, 3.8) is 0 Å². The fourth-order valence-electron chi connectivity index (χ4n) is 2.66. The van der Waals surface area contributed by atoms with Crippen LogP contribution in [0.2, 0.25) is 0 Å². The number of amides is 1.